The molecule has 1 aliphatic rings. The van der Waals surface area contributed by atoms with Crippen LogP contribution in [0.4, 0.5) is 0 Å². The third-order valence-corrected chi connectivity index (χ3v) is 3.75. The molecule has 0 radical (unpaired) electrons. The Morgan fingerprint density at radius 1 is 1.39 bits per heavy atom. The predicted molar refractivity (Wildman–Crippen MR) is 74.8 cm³/mol. The van der Waals surface area contributed by atoms with Gasteiger partial charge in [0, 0.05) is 37.8 Å². The van der Waals surface area contributed by atoms with Gasteiger partial charge in [0.25, 0.3) is 0 Å². The Hall–Kier alpha value is -1.39. The molecule has 0 aromatic heterocycles. The van der Waals surface area contributed by atoms with E-state index in [1.165, 1.54) is 0 Å². The topological polar surface area (TPSA) is 56.4 Å². The fourth-order valence-electron chi connectivity index (χ4n) is 2.43. The van der Waals surface area contributed by atoms with Crippen LogP contribution < -0.4 is 5.73 Å². The van der Waals surface area contributed by atoms with Crippen molar-refractivity contribution in [3.63, 3.8) is 0 Å². The second kappa shape index (κ2) is 5.50. The van der Waals surface area contributed by atoms with Crippen LogP contribution in [-0.4, -0.2) is 48.4 Å². The summed E-state index contributed by atoms with van der Waals surface area (Å²) >= 11 is 0. The first-order valence-electron chi connectivity index (χ1n) is 6.43. The summed E-state index contributed by atoms with van der Waals surface area (Å²) in [7, 11) is 2.17. The van der Waals surface area contributed by atoms with Gasteiger partial charge in [-0.15, -0.1) is 0 Å². The summed E-state index contributed by atoms with van der Waals surface area (Å²) in [4.78, 5) is 4.82. The summed E-state index contributed by atoms with van der Waals surface area (Å²) in [6.45, 7) is 6.39. The number of nitrogens with one attached hydrogen (secondary N) is 1. The average molecular weight is 246 g/mol. The predicted octanol–water partition coefficient (Wildman–Crippen LogP) is 1.11. The number of hydrogen-bond donors (Lipinski definition) is 2. The normalized spacial score (nSPS) is 22.0. The summed E-state index contributed by atoms with van der Waals surface area (Å²) in [6, 6.07) is 8.54. The first-order chi connectivity index (χ1) is 8.58. The molecule has 1 fully saturated rings. The molecule has 4 nitrogen and oxygen atoms in total. The van der Waals surface area contributed by atoms with E-state index in [4.69, 9.17) is 11.1 Å². The van der Waals surface area contributed by atoms with Crippen molar-refractivity contribution in [2.45, 2.75) is 19.5 Å². The molecule has 0 saturated carbocycles. The fraction of sp³-hybridized carbons (Fsp3) is 0.500. The molecule has 98 valence electrons. The van der Waals surface area contributed by atoms with E-state index in [0.29, 0.717) is 6.04 Å². The van der Waals surface area contributed by atoms with Crippen LogP contribution >= 0.6 is 0 Å². The number of likely N-dealkylation sites (N-methyl/N-ethyl adjacent to an activating group) is 1. The number of benzene rings is 1. The Morgan fingerprint density at radius 2 is 2.11 bits per heavy atom. The molecule has 1 heterocycles. The van der Waals surface area contributed by atoms with Crippen molar-refractivity contribution in [1.29, 1.82) is 5.41 Å². The largest absolute Gasteiger partial charge is 0.384 e. The third-order valence-electron chi connectivity index (χ3n) is 3.75. The van der Waals surface area contributed by atoms with E-state index in [0.717, 1.165) is 37.3 Å². The maximum atomic E-state index is 7.62. The Morgan fingerprint density at radius 3 is 2.78 bits per heavy atom. The van der Waals surface area contributed by atoms with E-state index < -0.39 is 0 Å². The molecule has 4 heteroatoms. The van der Waals surface area contributed by atoms with E-state index in [2.05, 4.69) is 29.8 Å². The monoisotopic (exact) mass is 246 g/mol. The van der Waals surface area contributed by atoms with Gasteiger partial charge < -0.3 is 10.6 Å². The Kier molecular flexibility index (Phi) is 3.99. The molecule has 1 saturated heterocycles. The molecule has 1 unspecified atom stereocenters. The molecule has 18 heavy (non-hydrogen) atoms. The molecule has 0 aliphatic carbocycles. The Balaban J connectivity index is 2.08. The zero-order valence-electron chi connectivity index (χ0n) is 11.2. The Labute approximate surface area is 109 Å². The minimum absolute atomic E-state index is 0.160. The van der Waals surface area contributed by atoms with Crippen LogP contribution in [0.15, 0.2) is 24.3 Å². The van der Waals surface area contributed by atoms with E-state index in [-0.39, 0.29) is 5.84 Å². The van der Waals surface area contributed by atoms with Gasteiger partial charge >= 0.3 is 0 Å². The fourth-order valence-corrected chi connectivity index (χ4v) is 2.43. The van der Waals surface area contributed by atoms with E-state index in [1.54, 1.807) is 0 Å². The SMILES string of the molecule is CC1CN(Cc2ccccc2C(=N)N)CCN1C. The van der Waals surface area contributed by atoms with Crippen LogP contribution in [0.2, 0.25) is 0 Å². The van der Waals surface area contributed by atoms with Gasteiger partial charge in [-0.05, 0) is 19.5 Å². The lowest BCUT2D eigenvalue weighted by Crippen LogP contribution is -2.49. The molecule has 0 amide bonds. The van der Waals surface area contributed by atoms with Gasteiger partial charge in [-0.3, -0.25) is 10.3 Å². The first kappa shape index (κ1) is 13.1. The number of rotatable bonds is 3. The standard InChI is InChI=1S/C14H22N4/c1-11-9-18(8-7-17(11)2)10-12-5-3-4-6-13(12)14(15)16/h3-6,11H,7-10H2,1-2H3,(H3,15,16). The smallest absolute Gasteiger partial charge is 0.123 e. The summed E-state index contributed by atoms with van der Waals surface area (Å²) < 4.78 is 0. The highest BCUT2D eigenvalue weighted by Crippen LogP contribution is 2.14. The number of piperazine rings is 1. The lowest BCUT2D eigenvalue weighted by molar-refractivity contribution is 0.0999. The highest BCUT2D eigenvalue weighted by atomic mass is 15.3. The van der Waals surface area contributed by atoms with Crippen LogP contribution in [0.5, 0.6) is 0 Å². The van der Waals surface area contributed by atoms with Gasteiger partial charge in [-0.1, -0.05) is 24.3 Å². The molecule has 0 bridgehead atoms. The molecular weight excluding hydrogens is 224 g/mol. The molecular formula is C14H22N4. The van der Waals surface area contributed by atoms with E-state index >= 15 is 0 Å². The summed E-state index contributed by atoms with van der Waals surface area (Å²) in [5.41, 5.74) is 7.64. The molecule has 1 aromatic carbocycles. The highest BCUT2D eigenvalue weighted by molar-refractivity contribution is 5.96. The van der Waals surface area contributed by atoms with Gasteiger partial charge in [0.1, 0.15) is 5.84 Å². The number of nitrogens with two attached hydrogens (primary N) is 1. The van der Waals surface area contributed by atoms with Gasteiger partial charge in [0.15, 0.2) is 0 Å². The molecule has 0 spiro atoms. The van der Waals surface area contributed by atoms with Crippen molar-refractivity contribution >= 4 is 5.84 Å². The molecule has 3 N–H and O–H groups in total. The average Bonchev–Trinajstić information content (AvgIpc) is 2.34. The van der Waals surface area contributed by atoms with Crippen molar-refractivity contribution < 1.29 is 0 Å². The second-order valence-electron chi connectivity index (χ2n) is 5.14. The van der Waals surface area contributed by atoms with E-state index in [9.17, 15) is 0 Å². The van der Waals surface area contributed by atoms with Crippen molar-refractivity contribution in [3.05, 3.63) is 35.4 Å². The van der Waals surface area contributed by atoms with Gasteiger partial charge in [0.05, 0.1) is 0 Å². The number of nitrogens with zero attached hydrogens (tertiary/aromatic N) is 2. The van der Waals surface area contributed by atoms with Gasteiger partial charge in [0.2, 0.25) is 0 Å². The molecule has 2 rings (SSSR count). The van der Waals surface area contributed by atoms with Crippen molar-refractivity contribution in [2.75, 3.05) is 26.7 Å². The summed E-state index contributed by atoms with van der Waals surface area (Å²) in [5.74, 6) is 0.160. The lowest BCUT2D eigenvalue weighted by atomic mass is 10.1. The van der Waals surface area contributed by atoms with Crippen LogP contribution in [0.1, 0.15) is 18.1 Å². The van der Waals surface area contributed by atoms with E-state index in [1.807, 2.05) is 18.2 Å². The van der Waals surface area contributed by atoms with Crippen LogP contribution in [0.25, 0.3) is 0 Å². The molecule has 1 aliphatic heterocycles. The molecule has 1 atom stereocenters. The zero-order valence-corrected chi connectivity index (χ0v) is 11.2. The van der Waals surface area contributed by atoms with Crippen molar-refractivity contribution in [1.82, 2.24) is 9.80 Å². The Bertz CT molecular complexity index is 430. The molecule has 1 aromatic rings. The quantitative estimate of drug-likeness (QED) is 0.620. The minimum atomic E-state index is 0.160. The van der Waals surface area contributed by atoms with Crippen molar-refractivity contribution in [2.24, 2.45) is 5.73 Å². The minimum Gasteiger partial charge on any atom is -0.384 e. The van der Waals surface area contributed by atoms with Crippen LogP contribution in [-0.2, 0) is 6.54 Å². The van der Waals surface area contributed by atoms with Crippen molar-refractivity contribution in [3.8, 4) is 0 Å². The number of nitrogen functional groups attached to an aromatic ring is 1. The van der Waals surface area contributed by atoms with Crippen LogP contribution in [0.3, 0.4) is 0 Å². The third kappa shape index (κ3) is 2.89. The summed E-state index contributed by atoms with van der Waals surface area (Å²) in [5, 5.41) is 7.62. The lowest BCUT2D eigenvalue weighted by Gasteiger charge is -2.37. The number of hydrogen-bond acceptors (Lipinski definition) is 3. The zero-order chi connectivity index (χ0) is 13.1. The number of amidine groups is 1. The van der Waals surface area contributed by atoms with Gasteiger partial charge in [-0.25, -0.2) is 0 Å². The van der Waals surface area contributed by atoms with Gasteiger partial charge in [-0.2, -0.15) is 0 Å². The summed E-state index contributed by atoms with van der Waals surface area (Å²) in [6.07, 6.45) is 0. The van der Waals surface area contributed by atoms with Crippen LogP contribution in [0, 0.1) is 5.41 Å². The highest BCUT2D eigenvalue weighted by Gasteiger charge is 2.21. The first-order valence-corrected chi connectivity index (χ1v) is 6.43. The maximum Gasteiger partial charge on any atom is 0.123 e. The second-order valence-corrected chi connectivity index (χ2v) is 5.14. The maximum absolute atomic E-state index is 7.62.